The Morgan fingerprint density at radius 1 is 1.32 bits per heavy atom. The highest BCUT2D eigenvalue weighted by Crippen LogP contribution is 2.10. The highest BCUT2D eigenvalue weighted by Gasteiger charge is 2.13. The van der Waals surface area contributed by atoms with Crippen molar-refractivity contribution in [3.8, 4) is 0 Å². The second kappa shape index (κ2) is 7.21. The van der Waals surface area contributed by atoms with Gasteiger partial charge in [0, 0.05) is 13.1 Å². The van der Waals surface area contributed by atoms with E-state index in [1.807, 2.05) is 12.1 Å². The molecule has 7 heteroatoms. The summed E-state index contributed by atoms with van der Waals surface area (Å²) in [5, 5.41) is 8.09. The molecule has 3 rings (SSSR count). The van der Waals surface area contributed by atoms with Gasteiger partial charge in [-0.25, -0.2) is 9.48 Å². The van der Waals surface area contributed by atoms with E-state index < -0.39 is 0 Å². The van der Waals surface area contributed by atoms with E-state index in [1.54, 1.807) is 0 Å². The molecule has 1 atom stereocenters. The van der Waals surface area contributed by atoms with Gasteiger partial charge in [0.2, 0.25) is 0 Å². The molecule has 0 aliphatic carbocycles. The van der Waals surface area contributed by atoms with Crippen LogP contribution in [0.3, 0.4) is 0 Å². The van der Waals surface area contributed by atoms with Crippen molar-refractivity contribution in [1.82, 2.24) is 20.1 Å². The number of benzene rings is 1. The van der Waals surface area contributed by atoms with E-state index in [-0.39, 0.29) is 11.8 Å². The van der Waals surface area contributed by atoms with E-state index >= 15 is 0 Å². The first kappa shape index (κ1) is 15.5. The molecule has 118 valence electrons. The number of morpholine rings is 1. The van der Waals surface area contributed by atoms with Crippen LogP contribution in [0.15, 0.2) is 29.1 Å². The second-order valence-corrected chi connectivity index (χ2v) is 5.95. The summed E-state index contributed by atoms with van der Waals surface area (Å²) in [5.74, 6) is 0.642. The van der Waals surface area contributed by atoms with Crippen LogP contribution in [0.4, 0.5) is 0 Å². The Hall–Kier alpha value is -1.44. The third-order valence-electron chi connectivity index (χ3n) is 3.68. The molecule has 2 aromatic rings. The first-order valence-corrected chi connectivity index (χ1v) is 8.49. The summed E-state index contributed by atoms with van der Waals surface area (Å²) >= 11 is 3.28. The van der Waals surface area contributed by atoms with Gasteiger partial charge in [-0.05, 0) is 17.5 Å². The summed E-state index contributed by atoms with van der Waals surface area (Å²) in [5.41, 5.74) is 2.12. The number of halogens is 1. The molecule has 1 aliphatic rings. The topological polar surface area (TPSA) is 71.9 Å². The van der Waals surface area contributed by atoms with Crippen molar-refractivity contribution in [3.63, 3.8) is 0 Å². The van der Waals surface area contributed by atoms with Crippen molar-refractivity contribution in [1.29, 1.82) is 0 Å². The number of H-pyrrole nitrogens is 1. The fourth-order valence-electron chi connectivity index (χ4n) is 2.54. The smallest absolute Gasteiger partial charge is 0.343 e. The monoisotopic (exact) mass is 366 g/mol. The predicted octanol–water partition coefficient (Wildman–Crippen LogP) is 1.05. The Labute approximate surface area is 137 Å². The van der Waals surface area contributed by atoms with Crippen LogP contribution in [0.5, 0.6) is 0 Å². The maximum absolute atomic E-state index is 11.7. The summed E-state index contributed by atoms with van der Waals surface area (Å²) in [4.78, 5) is 14.4. The highest BCUT2D eigenvalue weighted by molar-refractivity contribution is 9.08. The van der Waals surface area contributed by atoms with E-state index in [2.05, 4.69) is 43.5 Å². The van der Waals surface area contributed by atoms with Gasteiger partial charge in [-0.2, -0.15) is 5.10 Å². The fourth-order valence-corrected chi connectivity index (χ4v) is 2.79. The molecule has 1 fully saturated rings. The molecule has 1 aromatic heterocycles. The Bertz CT molecular complexity index is 659. The number of aromatic nitrogens is 3. The van der Waals surface area contributed by atoms with Crippen LogP contribution in [0.2, 0.25) is 0 Å². The minimum Gasteiger partial charge on any atom is -0.375 e. The molecule has 2 heterocycles. The van der Waals surface area contributed by atoms with Crippen molar-refractivity contribution in [2.24, 2.45) is 0 Å². The minimum absolute atomic E-state index is 0.180. The van der Waals surface area contributed by atoms with E-state index in [9.17, 15) is 4.79 Å². The van der Waals surface area contributed by atoms with E-state index in [0.29, 0.717) is 17.7 Å². The van der Waals surface area contributed by atoms with Gasteiger partial charge in [0.1, 0.15) is 5.82 Å². The minimum atomic E-state index is -0.180. The standard InChI is InChI=1S/C15H19BrN4O2/c16-8-14-18-15(21)20(19-14)10-12-3-1-11(2-4-12)7-13-9-17-5-6-22-13/h1-4,13,17H,5-10H2,(H,18,19,21). The molecule has 1 unspecified atom stereocenters. The molecular formula is C15H19BrN4O2. The Morgan fingerprint density at radius 2 is 2.09 bits per heavy atom. The van der Waals surface area contributed by atoms with Gasteiger partial charge >= 0.3 is 5.69 Å². The Morgan fingerprint density at radius 3 is 2.73 bits per heavy atom. The average molecular weight is 367 g/mol. The summed E-state index contributed by atoms with van der Waals surface area (Å²) in [6.07, 6.45) is 1.15. The van der Waals surface area contributed by atoms with Gasteiger partial charge < -0.3 is 10.1 Å². The molecule has 0 bridgehead atoms. The van der Waals surface area contributed by atoms with Gasteiger partial charge in [-0.1, -0.05) is 40.2 Å². The fraction of sp³-hybridized carbons (Fsp3) is 0.467. The van der Waals surface area contributed by atoms with Crippen molar-refractivity contribution < 1.29 is 4.74 Å². The van der Waals surface area contributed by atoms with Crippen LogP contribution in [0.1, 0.15) is 17.0 Å². The molecule has 1 saturated heterocycles. The van der Waals surface area contributed by atoms with Crippen molar-refractivity contribution in [3.05, 3.63) is 51.7 Å². The van der Waals surface area contributed by atoms with Crippen molar-refractivity contribution in [2.45, 2.75) is 24.4 Å². The number of hydrogen-bond donors (Lipinski definition) is 2. The number of rotatable bonds is 5. The lowest BCUT2D eigenvalue weighted by Gasteiger charge is -2.23. The Kier molecular flexibility index (Phi) is 5.07. The molecule has 6 nitrogen and oxygen atoms in total. The summed E-state index contributed by atoms with van der Waals surface area (Å²) in [7, 11) is 0. The van der Waals surface area contributed by atoms with Crippen LogP contribution in [0.25, 0.3) is 0 Å². The van der Waals surface area contributed by atoms with Crippen LogP contribution in [0, 0.1) is 0 Å². The van der Waals surface area contributed by atoms with Gasteiger partial charge in [0.15, 0.2) is 0 Å². The molecule has 1 aromatic carbocycles. The Balaban J connectivity index is 1.63. The zero-order valence-electron chi connectivity index (χ0n) is 12.2. The number of nitrogens with zero attached hydrogens (tertiary/aromatic N) is 2. The number of ether oxygens (including phenoxy) is 1. The van der Waals surface area contributed by atoms with Gasteiger partial charge in [0.25, 0.3) is 0 Å². The number of aromatic amines is 1. The van der Waals surface area contributed by atoms with Crippen molar-refractivity contribution >= 4 is 15.9 Å². The van der Waals surface area contributed by atoms with E-state index in [1.165, 1.54) is 10.2 Å². The van der Waals surface area contributed by atoms with Crippen LogP contribution in [-0.4, -0.2) is 40.6 Å². The SMILES string of the molecule is O=c1[nH]c(CBr)nn1Cc1ccc(CC2CNCCO2)cc1. The van der Waals surface area contributed by atoms with Crippen LogP contribution in [-0.2, 0) is 23.0 Å². The first-order valence-electron chi connectivity index (χ1n) is 7.36. The number of nitrogens with one attached hydrogen (secondary N) is 2. The van der Waals surface area contributed by atoms with Crippen LogP contribution < -0.4 is 11.0 Å². The normalized spacial score (nSPS) is 18.5. The quantitative estimate of drug-likeness (QED) is 0.775. The highest BCUT2D eigenvalue weighted by atomic mass is 79.9. The maximum atomic E-state index is 11.7. The molecule has 0 amide bonds. The third kappa shape index (κ3) is 3.85. The largest absolute Gasteiger partial charge is 0.375 e. The summed E-state index contributed by atoms with van der Waals surface area (Å²) in [6, 6.07) is 8.27. The first-order chi connectivity index (χ1) is 10.7. The van der Waals surface area contributed by atoms with Gasteiger partial charge in [-0.3, -0.25) is 4.98 Å². The van der Waals surface area contributed by atoms with Gasteiger partial charge in [0.05, 0.1) is 24.6 Å². The molecule has 22 heavy (non-hydrogen) atoms. The van der Waals surface area contributed by atoms with Crippen molar-refractivity contribution in [2.75, 3.05) is 19.7 Å². The third-order valence-corrected chi connectivity index (χ3v) is 4.21. The maximum Gasteiger partial charge on any atom is 0.343 e. The number of alkyl halides is 1. The molecule has 0 saturated carbocycles. The van der Waals surface area contributed by atoms with E-state index in [0.717, 1.165) is 31.7 Å². The lowest BCUT2D eigenvalue weighted by molar-refractivity contribution is 0.0292. The number of hydrogen-bond acceptors (Lipinski definition) is 4. The molecule has 2 N–H and O–H groups in total. The second-order valence-electron chi connectivity index (χ2n) is 5.39. The lowest BCUT2D eigenvalue weighted by atomic mass is 10.1. The zero-order valence-corrected chi connectivity index (χ0v) is 13.8. The molecule has 1 aliphatic heterocycles. The predicted molar refractivity (Wildman–Crippen MR) is 87.3 cm³/mol. The lowest BCUT2D eigenvalue weighted by Crippen LogP contribution is -2.39. The molecule has 0 radical (unpaired) electrons. The van der Waals surface area contributed by atoms with E-state index in [4.69, 9.17) is 4.74 Å². The summed E-state index contributed by atoms with van der Waals surface area (Å²) < 4.78 is 7.16. The average Bonchev–Trinajstić information content (AvgIpc) is 2.90. The van der Waals surface area contributed by atoms with Gasteiger partial charge in [-0.15, -0.1) is 0 Å². The zero-order chi connectivity index (χ0) is 15.4. The molecule has 0 spiro atoms. The molecular weight excluding hydrogens is 348 g/mol. The summed E-state index contributed by atoms with van der Waals surface area (Å²) in [6.45, 7) is 3.09. The van der Waals surface area contributed by atoms with Crippen LogP contribution >= 0.6 is 15.9 Å².